The van der Waals surface area contributed by atoms with E-state index in [-0.39, 0.29) is 24.4 Å². The minimum Gasteiger partial charge on any atom is -0.411 e. The van der Waals surface area contributed by atoms with Gasteiger partial charge in [0, 0.05) is 13.3 Å². The molecule has 0 saturated carbocycles. The highest BCUT2D eigenvalue weighted by Gasteiger charge is 2.21. The van der Waals surface area contributed by atoms with Crippen molar-refractivity contribution < 1.29 is 14.7 Å². The Morgan fingerprint density at radius 3 is 3.19 bits per heavy atom. The first kappa shape index (κ1) is 12.3. The van der Waals surface area contributed by atoms with Crippen molar-refractivity contribution in [2.24, 2.45) is 16.0 Å². The number of allylic oxidation sites excluding steroid dienone is 1. The van der Waals surface area contributed by atoms with Crippen molar-refractivity contribution in [3.05, 3.63) is 11.6 Å². The Balaban J connectivity index is 2.72. The second-order valence-corrected chi connectivity index (χ2v) is 3.11. The molecule has 7 heteroatoms. The number of carbonyl (C=O) groups excluding carboxylic acids is 1. The predicted molar refractivity (Wildman–Crippen MR) is 58.4 cm³/mol. The molecule has 0 aromatic carbocycles. The fourth-order valence-corrected chi connectivity index (χ4v) is 1.17. The summed E-state index contributed by atoms with van der Waals surface area (Å²) in [5.74, 6) is 5.11. The molecule has 1 amide bonds. The molecule has 1 aliphatic rings. The number of dihydropyridines is 1. The Morgan fingerprint density at radius 2 is 2.56 bits per heavy atom. The zero-order valence-electron chi connectivity index (χ0n) is 8.96. The van der Waals surface area contributed by atoms with Crippen LogP contribution < -0.4 is 5.84 Å². The van der Waals surface area contributed by atoms with Crippen molar-refractivity contribution in [1.29, 1.82) is 0 Å². The van der Waals surface area contributed by atoms with Crippen molar-refractivity contribution in [1.82, 2.24) is 5.01 Å². The molecule has 1 rings (SSSR count). The smallest absolute Gasteiger partial charge is 0.269 e. The van der Waals surface area contributed by atoms with Gasteiger partial charge >= 0.3 is 0 Å². The molecule has 0 atom stereocenters. The Labute approximate surface area is 92.8 Å². The Hall–Kier alpha value is -1.73. The van der Waals surface area contributed by atoms with Gasteiger partial charge in [-0.05, 0) is 6.08 Å². The van der Waals surface area contributed by atoms with Gasteiger partial charge in [0.1, 0.15) is 5.71 Å². The zero-order chi connectivity index (χ0) is 12.0. The van der Waals surface area contributed by atoms with Gasteiger partial charge in [-0.15, -0.1) is 0 Å². The van der Waals surface area contributed by atoms with Crippen LogP contribution >= 0.6 is 0 Å². The lowest BCUT2D eigenvalue weighted by Gasteiger charge is -2.18. The number of methoxy groups -OCH3 is 1. The average molecular weight is 226 g/mol. The van der Waals surface area contributed by atoms with E-state index in [1.165, 1.54) is 19.4 Å². The first-order valence-electron chi connectivity index (χ1n) is 4.67. The highest BCUT2D eigenvalue weighted by atomic mass is 16.5. The zero-order valence-corrected chi connectivity index (χ0v) is 8.96. The van der Waals surface area contributed by atoms with Crippen LogP contribution in [-0.2, 0) is 9.53 Å². The molecule has 0 aromatic heterocycles. The lowest BCUT2D eigenvalue weighted by atomic mass is 10.1. The Morgan fingerprint density at radius 1 is 1.81 bits per heavy atom. The maximum absolute atomic E-state index is 11.8. The largest absolute Gasteiger partial charge is 0.411 e. The van der Waals surface area contributed by atoms with Gasteiger partial charge in [0.2, 0.25) is 0 Å². The summed E-state index contributed by atoms with van der Waals surface area (Å²) in [5.41, 5.74) is 0.455. The number of hydrogen-bond donors (Lipinski definition) is 2. The predicted octanol–water partition coefficient (Wildman–Crippen LogP) is -0.824. The van der Waals surface area contributed by atoms with Crippen LogP contribution in [0.4, 0.5) is 0 Å². The van der Waals surface area contributed by atoms with Gasteiger partial charge in [0.05, 0.1) is 25.3 Å². The maximum atomic E-state index is 11.8. The minimum atomic E-state index is -0.420. The third-order valence-electron chi connectivity index (χ3n) is 2.05. The fraction of sp³-hybridized carbons (Fsp3) is 0.444. The van der Waals surface area contributed by atoms with Gasteiger partial charge in [-0.25, -0.2) is 5.84 Å². The second-order valence-electron chi connectivity index (χ2n) is 3.11. The molecule has 0 bridgehead atoms. The van der Waals surface area contributed by atoms with E-state index in [0.717, 1.165) is 5.01 Å². The van der Waals surface area contributed by atoms with E-state index in [4.69, 9.17) is 15.8 Å². The summed E-state index contributed by atoms with van der Waals surface area (Å²) >= 11 is 0. The molecule has 0 fully saturated rings. The van der Waals surface area contributed by atoms with Crippen LogP contribution in [-0.4, -0.2) is 54.9 Å². The molecule has 0 spiro atoms. The van der Waals surface area contributed by atoms with E-state index >= 15 is 0 Å². The van der Waals surface area contributed by atoms with E-state index in [9.17, 15) is 4.79 Å². The number of aliphatic imine (C=N–C) groups is 1. The molecule has 1 heterocycles. The molecule has 0 aliphatic carbocycles. The molecule has 0 unspecified atom stereocenters. The summed E-state index contributed by atoms with van der Waals surface area (Å²) in [7, 11) is 1.52. The highest BCUT2D eigenvalue weighted by molar-refractivity contribution is 6.25. The molecule has 3 N–H and O–H groups in total. The van der Waals surface area contributed by atoms with E-state index in [1.807, 2.05) is 0 Å². The monoisotopic (exact) mass is 226 g/mol. The van der Waals surface area contributed by atoms with Crippen molar-refractivity contribution in [2.75, 3.05) is 26.8 Å². The summed E-state index contributed by atoms with van der Waals surface area (Å²) in [5, 5.41) is 12.7. The number of nitrogens with two attached hydrogens (primary N) is 1. The fourth-order valence-electron chi connectivity index (χ4n) is 1.17. The molecule has 0 aromatic rings. The first-order valence-corrected chi connectivity index (χ1v) is 4.67. The topological polar surface area (TPSA) is 101 Å². The van der Waals surface area contributed by atoms with Gasteiger partial charge in [0.15, 0.2) is 0 Å². The Bertz CT molecular complexity index is 349. The molecule has 88 valence electrons. The van der Waals surface area contributed by atoms with E-state index in [2.05, 4.69) is 10.1 Å². The third-order valence-corrected chi connectivity index (χ3v) is 2.05. The molecular weight excluding hydrogens is 212 g/mol. The number of rotatable bonds is 4. The molecule has 0 radical (unpaired) electrons. The molecule has 7 nitrogen and oxygen atoms in total. The quantitative estimate of drug-likeness (QED) is 0.283. The van der Waals surface area contributed by atoms with Crippen LogP contribution in [0.15, 0.2) is 21.8 Å². The Kier molecular flexibility index (Phi) is 4.62. The van der Waals surface area contributed by atoms with Crippen LogP contribution in [0.2, 0.25) is 0 Å². The number of ether oxygens (including phenoxy) is 1. The van der Waals surface area contributed by atoms with Crippen molar-refractivity contribution in [2.45, 2.75) is 0 Å². The minimum absolute atomic E-state index is 0.173. The SMILES string of the molecule is COCCN(N)C(=O)C1=CC=NCC1=NO. The summed E-state index contributed by atoms with van der Waals surface area (Å²) in [6.45, 7) is 0.782. The number of nitrogens with zero attached hydrogens (tertiary/aromatic N) is 3. The first-order chi connectivity index (χ1) is 7.70. The van der Waals surface area contributed by atoms with Crippen molar-refractivity contribution in [3.8, 4) is 0 Å². The summed E-state index contributed by atoms with van der Waals surface area (Å²) < 4.78 is 4.80. The van der Waals surface area contributed by atoms with Crippen LogP contribution in [0.3, 0.4) is 0 Å². The summed E-state index contributed by atoms with van der Waals surface area (Å²) in [6, 6.07) is 0. The van der Waals surface area contributed by atoms with Crippen LogP contribution in [0.1, 0.15) is 0 Å². The third kappa shape index (κ3) is 2.88. The molecule has 0 saturated heterocycles. The number of hydrazine groups is 1. The number of hydrogen-bond acceptors (Lipinski definition) is 6. The van der Waals surface area contributed by atoms with Gasteiger partial charge in [-0.2, -0.15) is 0 Å². The van der Waals surface area contributed by atoms with Crippen molar-refractivity contribution in [3.63, 3.8) is 0 Å². The van der Waals surface area contributed by atoms with Gasteiger partial charge in [0.25, 0.3) is 5.91 Å². The van der Waals surface area contributed by atoms with Crippen LogP contribution in [0.25, 0.3) is 0 Å². The van der Waals surface area contributed by atoms with Crippen LogP contribution in [0, 0.1) is 0 Å². The maximum Gasteiger partial charge on any atom is 0.269 e. The molecule has 16 heavy (non-hydrogen) atoms. The standard InChI is InChI=1S/C9H14N4O3/c1-16-5-4-13(10)9(14)7-2-3-11-6-8(7)12-15/h2-3,15H,4-6,10H2,1H3. The van der Waals surface area contributed by atoms with E-state index < -0.39 is 5.91 Å². The van der Waals surface area contributed by atoms with Gasteiger partial charge < -0.3 is 9.94 Å². The number of amides is 1. The number of carbonyl (C=O) groups is 1. The van der Waals surface area contributed by atoms with Crippen LogP contribution in [0.5, 0.6) is 0 Å². The lowest BCUT2D eigenvalue weighted by Crippen LogP contribution is -2.42. The summed E-state index contributed by atoms with van der Waals surface area (Å²) in [6.07, 6.45) is 2.94. The molecular formula is C9H14N4O3. The molecule has 1 aliphatic heterocycles. The lowest BCUT2D eigenvalue weighted by molar-refractivity contribution is -0.127. The van der Waals surface area contributed by atoms with Gasteiger partial charge in [-0.3, -0.25) is 14.8 Å². The normalized spacial score (nSPS) is 17.4. The average Bonchev–Trinajstić information content (AvgIpc) is 2.34. The van der Waals surface area contributed by atoms with E-state index in [1.54, 1.807) is 0 Å². The van der Waals surface area contributed by atoms with Gasteiger partial charge in [-0.1, -0.05) is 5.16 Å². The number of oxime groups is 1. The van der Waals surface area contributed by atoms with Crippen molar-refractivity contribution >= 4 is 17.8 Å². The summed E-state index contributed by atoms with van der Waals surface area (Å²) in [4.78, 5) is 15.7. The van der Waals surface area contributed by atoms with E-state index in [0.29, 0.717) is 6.61 Å². The highest BCUT2D eigenvalue weighted by Crippen LogP contribution is 2.06. The second kappa shape index (κ2) is 5.99.